The molecule has 6 heteroatoms. The summed E-state index contributed by atoms with van der Waals surface area (Å²) in [6.45, 7) is 8.73. The minimum absolute atomic E-state index is 0.0858. The van der Waals surface area contributed by atoms with E-state index in [2.05, 4.69) is 20.8 Å². The smallest absolute Gasteiger partial charge is 0.267 e. The first-order valence-corrected chi connectivity index (χ1v) is 11.0. The summed E-state index contributed by atoms with van der Waals surface area (Å²) in [5.74, 6) is 0.890. The fourth-order valence-corrected chi connectivity index (χ4v) is 5.70. The van der Waals surface area contributed by atoms with Gasteiger partial charge < -0.3 is 4.90 Å². The highest BCUT2D eigenvalue weighted by molar-refractivity contribution is 7.99. The van der Waals surface area contributed by atoms with Crippen molar-refractivity contribution < 1.29 is 4.90 Å². The van der Waals surface area contributed by atoms with Gasteiger partial charge in [0, 0.05) is 6.42 Å². The second-order valence-electron chi connectivity index (χ2n) is 6.98. The molecule has 0 bridgehead atoms. The van der Waals surface area contributed by atoms with E-state index in [0.29, 0.717) is 6.04 Å². The summed E-state index contributed by atoms with van der Waals surface area (Å²) in [5.41, 5.74) is 2.22. The average molecular weight is 387 g/mol. The molecule has 2 aromatic heterocycles. The number of nitrogens with zero attached hydrogens (tertiary/aromatic N) is 2. The second kappa shape index (κ2) is 7.18. The third-order valence-corrected chi connectivity index (χ3v) is 7.01. The number of quaternary nitrogens is 1. The number of rotatable bonds is 4. The fraction of sp³-hybridized carbons (Fsp3) is 0.400. The normalized spacial score (nSPS) is 17.0. The van der Waals surface area contributed by atoms with Crippen LogP contribution in [-0.2, 0) is 13.0 Å². The topological polar surface area (TPSA) is 39.3 Å². The van der Waals surface area contributed by atoms with Crippen molar-refractivity contribution in [1.29, 1.82) is 0 Å². The van der Waals surface area contributed by atoms with Crippen molar-refractivity contribution in [1.82, 2.24) is 9.55 Å². The standard InChI is InChI=1S/C20H23N3OS2/c1-4-25-20-21-18-17(19(24)23(20)14-8-6-5-7-9-14)15-10-11-22(13(2)3)12-16(15)26-18/h5-9,13H,4,10-12H2,1-3H3/p+1. The van der Waals surface area contributed by atoms with Gasteiger partial charge in [0.2, 0.25) is 0 Å². The van der Waals surface area contributed by atoms with Gasteiger partial charge in [-0.05, 0) is 37.3 Å². The molecule has 1 N–H and O–H groups in total. The monoisotopic (exact) mass is 386 g/mol. The van der Waals surface area contributed by atoms with Crippen LogP contribution >= 0.6 is 23.1 Å². The zero-order chi connectivity index (χ0) is 18.3. The Morgan fingerprint density at radius 2 is 2.08 bits per heavy atom. The van der Waals surface area contributed by atoms with Crippen LogP contribution in [0, 0.1) is 0 Å². The predicted molar refractivity (Wildman–Crippen MR) is 110 cm³/mol. The first-order valence-electron chi connectivity index (χ1n) is 9.20. The van der Waals surface area contributed by atoms with Gasteiger partial charge in [0.05, 0.1) is 28.5 Å². The Bertz CT molecular complexity index is 992. The molecule has 0 fully saturated rings. The quantitative estimate of drug-likeness (QED) is 0.554. The number of nitrogens with one attached hydrogen (secondary N) is 1. The molecular weight excluding hydrogens is 362 g/mol. The number of aromatic nitrogens is 2. The van der Waals surface area contributed by atoms with Crippen molar-refractivity contribution in [3.63, 3.8) is 0 Å². The molecule has 0 radical (unpaired) electrons. The van der Waals surface area contributed by atoms with Gasteiger partial charge in [-0.1, -0.05) is 36.9 Å². The van der Waals surface area contributed by atoms with Crippen LogP contribution in [0.4, 0.5) is 0 Å². The van der Waals surface area contributed by atoms with E-state index in [0.717, 1.165) is 46.3 Å². The molecule has 1 aliphatic rings. The molecule has 0 aliphatic carbocycles. The number of fused-ring (bicyclic) bond motifs is 3. The summed E-state index contributed by atoms with van der Waals surface area (Å²) < 4.78 is 1.80. The van der Waals surface area contributed by atoms with E-state index in [4.69, 9.17) is 4.98 Å². The molecule has 1 aliphatic heterocycles. The van der Waals surface area contributed by atoms with Crippen molar-refractivity contribution in [2.24, 2.45) is 0 Å². The minimum Gasteiger partial charge on any atom is -0.328 e. The van der Waals surface area contributed by atoms with Crippen LogP contribution in [0.3, 0.4) is 0 Å². The molecule has 1 unspecified atom stereocenters. The first-order chi connectivity index (χ1) is 12.6. The number of para-hydroxylation sites is 1. The fourth-order valence-electron chi connectivity index (χ4n) is 3.64. The molecule has 1 atom stereocenters. The minimum atomic E-state index is 0.0858. The van der Waals surface area contributed by atoms with E-state index in [1.807, 2.05) is 30.3 Å². The van der Waals surface area contributed by atoms with Crippen LogP contribution in [0.25, 0.3) is 15.9 Å². The molecule has 1 aromatic carbocycles. The highest BCUT2D eigenvalue weighted by Crippen LogP contribution is 2.31. The number of thiophene rings is 1. The lowest BCUT2D eigenvalue weighted by Crippen LogP contribution is -3.14. The summed E-state index contributed by atoms with van der Waals surface area (Å²) in [7, 11) is 0. The van der Waals surface area contributed by atoms with Crippen LogP contribution < -0.4 is 10.5 Å². The maximum absolute atomic E-state index is 13.5. The Morgan fingerprint density at radius 3 is 2.77 bits per heavy atom. The van der Waals surface area contributed by atoms with Crippen LogP contribution in [0.5, 0.6) is 0 Å². The zero-order valence-electron chi connectivity index (χ0n) is 15.4. The molecule has 0 saturated heterocycles. The first kappa shape index (κ1) is 17.8. The molecule has 4 nitrogen and oxygen atoms in total. The SMILES string of the molecule is CCSc1nc2sc3c(c2c(=O)n1-c1ccccc1)CC[NH+](C(C)C)C3. The molecule has 3 aromatic rings. The van der Waals surface area contributed by atoms with E-state index in [-0.39, 0.29) is 5.56 Å². The van der Waals surface area contributed by atoms with Crippen LogP contribution in [0.15, 0.2) is 40.3 Å². The maximum atomic E-state index is 13.5. The molecule has 26 heavy (non-hydrogen) atoms. The van der Waals surface area contributed by atoms with E-state index in [9.17, 15) is 4.79 Å². The predicted octanol–water partition coefficient (Wildman–Crippen LogP) is 2.91. The Balaban J connectivity index is 1.94. The van der Waals surface area contributed by atoms with Gasteiger partial charge in [-0.3, -0.25) is 9.36 Å². The third kappa shape index (κ3) is 3.00. The average Bonchev–Trinajstić information content (AvgIpc) is 3.00. The van der Waals surface area contributed by atoms with Gasteiger partial charge in [-0.2, -0.15) is 0 Å². The lowest BCUT2D eigenvalue weighted by molar-refractivity contribution is -0.936. The number of hydrogen-bond acceptors (Lipinski definition) is 4. The van der Waals surface area contributed by atoms with Gasteiger partial charge in [0.15, 0.2) is 5.16 Å². The third-order valence-electron chi connectivity index (χ3n) is 5.07. The molecule has 0 saturated carbocycles. The van der Waals surface area contributed by atoms with Gasteiger partial charge in [-0.25, -0.2) is 4.98 Å². The van der Waals surface area contributed by atoms with Crippen molar-refractivity contribution in [3.05, 3.63) is 51.1 Å². The van der Waals surface area contributed by atoms with E-state index in [1.165, 1.54) is 10.4 Å². The van der Waals surface area contributed by atoms with Crippen molar-refractivity contribution >= 4 is 33.3 Å². The maximum Gasteiger partial charge on any atom is 0.267 e. The van der Waals surface area contributed by atoms with Gasteiger partial charge in [0.25, 0.3) is 5.56 Å². The van der Waals surface area contributed by atoms with Gasteiger partial charge in [0.1, 0.15) is 11.4 Å². The molecule has 0 amide bonds. The molecule has 0 spiro atoms. The largest absolute Gasteiger partial charge is 0.328 e. The van der Waals surface area contributed by atoms with Gasteiger partial charge >= 0.3 is 0 Å². The lowest BCUT2D eigenvalue weighted by Gasteiger charge is -2.27. The Morgan fingerprint density at radius 1 is 1.31 bits per heavy atom. The second-order valence-corrected chi connectivity index (χ2v) is 9.29. The Hall–Kier alpha value is -1.63. The van der Waals surface area contributed by atoms with Crippen molar-refractivity contribution in [2.45, 2.75) is 44.9 Å². The highest BCUT2D eigenvalue weighted by Gasteiger charge is 2.28. The van der Waals surface area contributed by atoms with Crippen LogP contribution in [0.2, 0.25) is 0 Å². The molecule has 3 heterocycles. The zero-order valence-corrected chi connectivity index (χ0v) is 17.0. The summed E-state index contributed by atoms with van der Waals surface area (Å²) >= 11 is 3.35. The summed E-state index contributed by atoms with van der Waals surface area (Å²) in [6, 6.07) is 10.5. The van der Waals surface area contributed by atoms with Gasteiger partial charge in [-0.15, -0.1) is 11.3 Å². The summed E-state index contributed by atoms with van der Waals surface area (Å²) in [6.07, 6.45) is 0.967. The lowest BCUT2D eigenvalue weighted by atomic mass is 10.0. The van der Waals surface area contributed by atoms with E-state index in [1.54, 1.807) is 32.6 Å². The van der Waals surface area contributed by atoms with E-state index >= 15 is 0 Å². The highest BCUT2D eigenvalue weighted by atomic mass is 32.2. The summed E-state index contributed by atoms with van der Waals surface area (Å²) in [5, 5.41) is 1.64. The van der Waals surface area contributed by atoms with Crippen molar-refractivity contribution in [3.8, 4) is 5.69 Å². The number of thioether (sulfide) groups is 1. The van der Waals surface area contributed by atoms with Crippen LogP contribution in [-0.4, -0.2) is 27.9 Å². The Labute approximate surface area is 161 Å². The number of hydrogen-bond donors (Lipinski definition) is 1. The van der Waals surface area contributed by atoms with E-state index < -0.39 is 0 Å². The van der Waals surface area contributed by atoms with Crippen LogP contribution in [0.1, 0.15) is 31.2 Å². The Kier molecular flexibility index (Phi) is 4.90. The van der Waals surface area contributed by atoms with Crippen molar-refractivity contribution in [2.75, 3.05) is 12.3 Å². The molecular formula is C20H24N3OS2+. The number of benzene rings is 1. The molecule has 136 valence electrons. The summed E-state index contributed by atoms with van der Waals surface area (Å²) in [4.78, 5) is 22.2. The molecule has 4 rings (SSSR count).